The molecule has 2 saturated heterocycles. The van der Waals surface area contributed by atoms with Gasteiger partial charge in [0.15, 0.2) is 12.6 Å². The van der Waals surface area contributed by atoms with E-state index in [0.29, 0.717) is 13.0 Å². The van der Waals surface area contributed by atoms with Gasteiger partial charge >= 0.3 is 0 Å². The molecule has 0 aromatic rings. The third-order valence-corrected chi connectivity index (χ3v) is 7.04. The number of ether oxygens (including phenoxy) is 4. The zero-order chi connectivity index (χ0) is 24.3. The number of aliphatic hydroxyl groups excluding tert-OH is 2. The molecule has 0 bridgehead atoms. The first kappa shape index (κ1) is 27.1. The highest BCUT2D eigenvalue weighted by Crippen LogP contribution is 2.32. The fourth-order valence-electron chi connectivity index (χ4n) is 5.14. The van der Waals surface area contributed by atoms with Crippen LogP contribution in [0.25, 0.3) is 0 Å². The van der Waals surface area contributed by atoms with E-state index in [1.165, 1.54) is 0 Å². The van der Waals surface area contributed by atoms with E-state index in [0.717, 1.165) is 12.8 Å². The van der Waals surface area contributed by atoms with Crippen molar-refractivity contribution in [3.63, 3.8) is 0 Å². The number of hydrogen-bond donors (Lipinski definition) is 8. The van der Waals surface area contributed by atoms with E-state index >= 15 is 0 Å². The number of nitrogens with one attached hydrogen (secondary N) is 3. The second-order valence-corrected chi connectivity index (χ2v) is 9.71. The molecule has 12 nitrogen and oxygen atoms in total. The first-order valence-corrected chi connectivity index (χ1v) is 11.8. The number of likely N-dealkylation sites (N-methyl/N-ethyl adjacent to an activating group) is 3. The second-order valence-electron chi connectivity index (χ2n) is 9.71. The van der Waals surface area contributed by atoms with Crippen LogP contribution in [-0.2, 0) is 18.9 Å². The van der Waals surface area contributed by atoms with Gasteiger partial charge in [0.1, 0.15) is 30.0 Å². The number of nitrogens with two attached hydrogens (primary N) is 2. The molecular weight excluding hydrogens is 434 g/mol. The van der Waals surface area contributed by atoms with Crippen LogP contribution in [0.1, 0.15) is 26.2 Å². The van der Waals surface area contributed by atoms with Crippen LogP contribution in [0, 0.1) is 0 Å². The summed E-state index contributed by atoms with van der Waals surface area (Å²) in [5.41, 5.74) is 11.3. The van der Waals surface area contributed by atoms with E-state index in [-0.39, 0.29) is 24.8 Å². The summed E-state index contributed by atoms with van der Waals surface area (Å²) in [5.74, 6) is 0. The lowest BCUT2D eigenvalue weighted by atomic mass is 9.83. The maximum Gasteiger partial charge on any atom is 0.185 e. The van der Waals surface area contributed by atoms with Crippen LogP contribution < -0.4 is 27.4 Å². The first-order chi connectivity index (χ1) is 15.6. The maximum absolute atomic E-state index is 11.2. The molecule has 0 spiro atoms. The number of aliphatic hydroxyl groups is 3. The third kappa shape index (κ3) is 6.02. The molecule has 3 rings (SSSR count). The van der Waals surface area contributed by atoms with Crippen LogP contribution >= 0.6 is 0 Å². The molecule has 12 heteroatoms. The largest absolute Gasteiger partial charge is 0.388 e. The summed E-state index contributed by atoms with van der Waals surface area (Å²) in [4.78, 5) is 0. The lowest BCUT2D eigenvalue weighted by molar-refractivity contribution is -0.307. The Morgan fingerprint density at radius 3 is 2.30 bits per heavy atom. The Hall–Kier alpha value is -0.480. The van der Waals surface area contributed by atoms with Crippen molar-refractivity contribution in [1.29, 1.82) is 0 Å². The molecule has 3 fully saturated rings. The van der Waals surface area contributed by atoms with Gasteiger partial charge in [-0.25, -0.2) is 0 Å². The van der Waals surface area contributed by atoms with Gasteiger partial charge in [-0.15, -0.1) is 0 Å². The molecule has 1 aliphatic carbocycles. The molecular formula is C21H43N5O7. The Labute approximate surface area is 195 Å². The van der Waals surface area contributed by atoms with Gasteiger partial charge in [-0.1, -0.05) is 0 Å². The predicted octanol–water partition coefficient (Wildman–Crippen LogP) is -3.46. The number of rotatable bonds is 8. The molecule has 0 unspecified atom stereocenters. The Kier molecular flexibility index (Phi) is 9.45. The summed E-state index contributed by atoms with van der Waals surface area (Å²) >= 11 is 0. The van der Waals surface area contributed by atoms with E-state index < -0.39 is 54.7 Å². The summed E-state index contributed by atoms with van der Waals surface area (Å²) in [6, 6.07) is -1.79. The number of hydrogen-bond acceptors (Lipinski definition) is 12. The molecule has 12 atom stereocenters. The van der Waals surface area contributed by atoms with Crippen molar-refractivity contribution >= 4 is 0 Å². The summed E-state index contributed by atoms with van der Waals surface area (Å²) in [6.07, 6.45) is -3.61. The smallest absolute Gasteiger partial charge is 0.185 e. The Balaban J connectivity index is 1.71. The average molecular weight is 478 g/mol. The van der Waals surface area contributed by atoms with Crippen molar-refractivity contribution in [1.82, 2.24) is 16.0 Å². The van der Waals surface area contributed by atoms with Crippen molar-refractivity contribution in [3.05, 3.63) is 0 Å². The minimum atomic E-state index is -1.28. The van der Waals surface area contributed by atoms with Crippen LogP contribution in [-0.4, -0.2) is 122 Å². The van der Waals surface area contributed by atoms with Crippen LogP contribution in [0.3, 0.4) is 0 Å². The highest BCUT2D eigenvalue weighted by atomic mass is 16.7. The van der Waals surface area contributed by atoms with Gasteiger partial charge in [-0.05, 0) is 47.3 Å². The van der Waals surface area contributed by atoms with Gasteiger partial charge in [-0.2, -0.15) is 0 Å². The molecule has 0 aromatic carbocycles. The predicted molar refractivity (Wildman–Crippen MR) is 120 cm³/mol. The quantitative estimate of drug-likeness (QED) is 0.173. The highest BCUT2D eigenvalue weighted by molar-refractivity contribution is 5.02. The maximum atomic E-state index is 11.2. The van der Waals surface area contributed by atoms with Crippen molar-refractivity contribution in [2.75, 3.05) is 34.3 Å². The molecule has 33 heavy (non-hydrogen) atoms. The van der Waals surface area contributed by atoms with Gasteiger partial charge in [0.2, 0.25) is 0 Å². The van der Waals surface area contributed by atoms with Gasteiger partial charge in [0.25, 0.3) is 0 Å². The molecule has 0 amide bonds. The standard InChI is InChI=1S/C21H43N5O7/c1-21(29)9-30-20(15(28)18(21)26-4)32-16-12(23)7-13(25-3)17(14(16)27)33-19-11(22)6-5-10(31-19)8-24-2/h10-20,24-29H,5-9,22-23H2,1-4H3/t10-,11+,12+,13-,14+,15+,16-,17+,18+,19+,20+,21-/m0/s1. The van der Waals surface area contributed by atoms with Crippen LogP contribution in [0.4, 0.5) is 0 Å². The molecule has 0 radical (unpaired) electrons. The third-order valence-electron chi connectivity index (χ3n) is 7.04. The zero-order valence-corrected chi connectivity index (χ0v) is 20.0. The Morgan fingerprint density at radius 2 is 1.67 bits per heavy atom. The van der Waals surface area contributed by atoms with Gasteiger partial charge < -0.3 is 61.7 Å². The topological polar surface area (TPSA) is 186 Å². The van der Waals surface area contributed by atoms with Gasteiger partial charge in [0.05, 0.1) is 24.8 Å². The van der Waals surface area contributed by atoms with Crippen LogP contribution in [0.15, 0.2) is 0 Å². The lowest BCUT2D eigenvalue weighted by Crippen LogP contribution is -2.69. The Morgan fingerprint density at radius 1 is 0.970 bits per heavy atom. The minimum absolute atomic E-state index is 0.0278. The van der Waals surface area contributed by atoms with Gasteiger partial charge in [0, 0.05) is 18.6 Å². The van der Waals surface area contributed by atoms with Crippen molar-refractivity contribution in [3.8, 4) is 0 Å². The van der Waals surface area contributed by atoms with Crippen molar-refractivity contribution < 1.29 is 34.3 Å². The summed E-state index contributed by atoms with van der Waals surface area (Å²) < 4.78 is 23.9. The zero-order valence-electron chi connectivity index (χ0n) is 20.0. The van der Waals surface area contributed by atoms with E-state index in [4.69, 9.17) is 30.4 Å². The Bertz CT molecular complexity index is 618. The van der Waals surface area contributed by atoms with E-state index in [1.807, 2.05) is 7.05 Å². The lowest BCUT2D eigenvalue weighted by Gasteiger charge is -2.49. The summed E-state index contributed by atoms with van der Waals surface area (Å²) in [7, 11) is 5.28. The van der Waals surface area contributed by atoms with Crippen molar-refractivity contribution in [2.45, 2.75) is 99.1 Å². The van der Waals surface area contributed by atoms with E-state index in [2.05, 4.69) is 16.0 Å². The molecule has 2 heterocycles. The second kappa shape index (κ2) is 11.5. The van der Waals surface area contributed by atoms with Crippen LogP contribution in [0.5, 0.6) is 0 Å². The van der Waals surface area contributed by atoms with Crippen molar-refractivity contribution in [2.24, 2.45) is 11.5 Å². The average Bonchev–Trinajstić information content (AvgIpc) is 2.76. The fourth-order valence-corrected chi connectivity index (χ4v) is 5.14. The summed E-state index contributed by atoms with van der Waals surface area (Å²) in [6.45, 7) is 2.21. The SMILES string of the molecule is CNC[C@@H]1CC[C@@H](N)[C@@H](O[C@H]2[C@H](O)[C@@H](O[C@H]3OC[C@](C)(O)[C@H](NC)[C@H]3O)[C@H](N)C[C@@H]2NC)O1. The fraction of sp³-hybridized carbons (Fsp3) is 1.00. The molecule has 194 valence electrons. The van der Waals surface area contributed by atoms with Gasteiger partial charge in [-0.3, -0.25) is 0 Å². The minimum Gasteiger partial charge on any atom is -0.388 e. The molecule has 10 N–H and O–H groups in total. The van der Waals surface area contributed by atoms with E-state index in [9.17, 15) is 15.3 Å². The van der Waals surface area contributed by atoms with E-state index in [1.54, 1.807) is 21.0 Å². The monoisotopic (exact) mass is 477 g/mol. The molecule has 1 saturated carbocycles. The first-order valence-electron chi connectivity index (χ1n) is 11.8. The molecule has 0 aromatic heterocycles. The van der Waals surface area contributed by atoms with Crippen LogP contribution in [0.2, 0.25) is 0 Å². The molecule has 3 aliphatic rings. The normalized spacial score (nSPS) is 49.2. The summed E-state index contributed by atoms with van der Waals surface area (Å²) in [5, 5.41) is 41.6. The highest BCUT2D eigenvalue weighted by Gasteiger charge is 2.51. The molecule has 2 aliphatic heterocycles.